The van der Waals surface area contributed by atoms with Crippen molar-refractivity contribution in [2.24, 2.45) is 5.73 Å². The number of hydrogen-bond acceptors (Lipinski definition) is 3. The topological polar surface area (TPSA) is 83.6 Å². The highest BCUT2D eigenvalue weighted by atomic mass is 16.3. The van der Waals surface area contributed by atoms with Gasteiger partial charge in [-0.15, -0.1) is 0 Å². The van der Waals surface area contributed by atoms with E-state index in [1.54, 1.807) is 6.92 Å². The van der Waals surface area contributed by atoms with E-state index in [4.69, 9.17) is 10.8 Å². The third-order valence-corrected chi connectivity index (χ3v) is 1.02. The SMILES string of the molecule is CCN(C(N)=O)C(=O)CO. The van der Waals surface area contributed by atoms with Gasteiger partial charge in [-0.3, -0.25) is 9.69 Å². The molecule has 0 heterocycles. The van der Waals surface area contributed by atoms with Gasteiger partial charge in [-0.05, 0) is 6.92 Å². The van der Waals surface area contributed by atoms with E-state index in [1.807, 2.05) is 0 Å². The third kappa shape index (κ3) is 2.02. The lowest BCUT2D eigenvalue weighted by atomic mass is 10.5. The molecule has 0 rings (SSSR count). The number of nitrogens with two attached hydrogens (primary N) is 1. The molecular formula is C5H10N2O3. The Morgan fingerprint density at radius 2 is 2.10 bits per heavy atom. The van der Waals surface area contributed by atoms with E-state index in [1.165, 1.54) is 0 Å². The molecule has 0 aromatic carbocycles. The van der Waals surface area contributed by atoms with Gasteiger partial charge in [-0.1, -0.05) is 0 Å². The van der Waals surface area contributed by atoms with Crippen molar-refractivity contribution < 1.29 is 14.7 Å². The first kappa shape index (κ1) is 8.90. The van der Waals surface area contributed by atoms with E-state index in [0.717, 1.165) is 4.90 Å². The fourth-order valence-electron chi connectivity index (χ4n) is 0.540. The first-order valence-corrected chi connectivity index (χ1v) is 2.84. The molecule has 5 heteroatoms. The Kier molecular flexibility index (Phi) is 3.42. The maximum absolute atomic E-state index is 10.6. The number of aliphatic hydroxyl groups excluding tert-OH is 1. The summed E-state index contributed by atoms with van der Waals surface area (Å²) in [5, 5.41) is 8.29. The summed E-state index contributed by atoms with van der Waals surface area (Å²) in [5.41, 5.74) is 4.78. The summed E-state index contributed by atoms with van der Waals surface area (Å²) in [6.07, 6.45) is 0. The first-order chi connectivity index (χ1) is 4.63. The molecule has 58 valence electrons. The number of carbonyl (C=O) groups excluding carboxylic acids is 2. The predicted molar refractivity (Wildman–Crippen MR) is 34.1 cm³/mol. The van der Waals surface area contributed by atoms with Gasteiger partial charge in [0.2, 0.25) is 0 Å². The van der Waals surface area contributed by atoms with Crippen LogP contribution in [0.15, 0.2) is 0 Å². The van der Waals surface area contributed by atoms with Crippen molar-refractivity contribution in [1.82, 2.24) is 4.90 Å². The number of rotatable bonds is 2. The van der Waals surface area contributed by atoms with E-state index in [-0.39, 0.29) is 6.54 Å². The maximum atomic E-state index is 10.6. The van der Waals surface area contributed by atoms with Crippen molar-refractivity contribution in [3.63, 3.8) is 0 Å². The lowest BCUT2D eigenvalue weighted by Gasteiger charge is -2.13. The lowest BCUT2D eigenvalue weighted by molar-refractivity contribution is -0.130. The second-order valence-corrected chi connectivity index (χ2v) is 1.63. The van der Waals surface area contributed by atoms with Crippen LogP contribution >= 0.6 is 0 Å². The molecule has 3 amide bonds. The minimum Gasteiger partial charge on any atom is -0.387 e. The number of amides is 3. The lowest BCUT2D eigenvalue weighted by Crippen LogP contribution is -2.41. The van der Waals surface area contributed by atoms with Crippen LogP contribution in [0, 0.1) is 0 Å². The number of urea groups is 1. The van der Waals surface area contributed by atoms with Crippen molar-refractivity contribution in [3.8, 4) is 0 Å². The number of aliphatic hydroxyl groups is 1. The fourth-order valence-corrected chi connectivity index (χ4v) is 0.540. The molecule has 0 atom stereocenters. The molecular weight excluding hydrogens is 136 g/mol. The zero-order chi connectivity index (χ0) is 8.15. The zero-order valence-corrected chi connectivity index (χ0v) is 5.70. The Hall–Kier alpha value is -1.10. The van der Waals surface area contributed by atoms with E-state index >= 15 is 0 Å². The second kappa shape index (κ2) is 3.84. The van der Waals surface area contributed by atoms with E-state index in [2.05, 4.69) is 0 Å². The average Bonchev–Trinajstić information content (AvgIpc) is 1.88. The zero-order valence-electron chi connectivity index (χ0n) is 5.70. The van der Waals surface area contributed by atoms with Gasteiger partial charge in [-0.25, -0.2) is 4.79 Å². The molecule has 0 spiro atoms. The van der Waals surface area contributed by atoms with Gasteiger partial charge in [-0.2, -0.15) is 0 Å². The molecule has 0 aliphatic heterocycles. The van der Waals surface area contributed by atoms with Crippen LogP contribution < -0.4 is 5.73 Å². The van der Waals surface area contributed by atoms with Gasteiger partial charge < -0.3 is 10.8 Å². The highest BCUT2D eigenvalue weighted by Gasteiger charge is 2.14. The molecule has 0 aliphatic carbocycles. The van der Waals surface area contributed by atoms with Gasteiger partial charge >= 0.3 is 6.03 Å². The van der Waals surface area contributed by atoms with Crippen molar-refractivity contribution in [2.45, 2.75) is 6.92 Å². The Balaban J connectivity index is 4.06. The van der Waals surface area contributed by atoms with Gasteiger partial charge in [0, 0.05) is 6.54 Å². The van der Waals surface area contributed by atoms with Crippen molar-refractivity contribution in [1.29, 1.82) is 0 Å². The normalized spacial score (nSPS) is 9.00. The largest absolute Gasteiger partial charge is 0.387 e. The molecule has 0 saturated carbocycles. The van der Waals surface area contributed by atoms with Crippen LogP contribution in [0.4, 0.5) is 4.79 Å². The van der Waals surface area contributed by atoms with Gasteiger partial charge in [0.25, 0.3) is 5.91 Å². The first-order valence-electron chi connectivity index (χ1n) is 2.84. The van der Waals surface area contributed by atoms with E-state index < -0.39 is 18.5 Å². The number of carbonyl (C=O) groups is 2. The highest BCUT2D eigenvalue weighted by molar-refractivity contribution is 5.94. The second-order valence-electron chi connectivity index (χ2n) is 1.63. The molecule has 0 aromatic heterocycles. The van der Waals surface area contributed by atoms with Crippen molar-refractivity contribution in [2.75, 3.05) is 13.2 Å². The standard InChI is InChI=1S/C5H10N2O3/c1-2-7(5(6)10)4(9)3-8/h8H,2-3H2,1H3,(H2,6,10). The molecule has 0 unspecified atom stereocenters. The molecule has 3 N–H and O–H groups in total. The van der Waals surface area contributed by atoms with Gasteiger partial charge in [0.05, 0.1) is 0 Å². The Morgan fingerprint density at radius 1 is 1.60 bits per heavy atom. The minimum absolute atomic E-state index is 0.189. The van der Waals surface area contributed by atoms with Crippen LogP contribution in [-0.4, -0.2) is 35.1 Å². The molecule has 10 heavy (non-hydrogen) atoms. The highest BCUT2D eigenvalue weighted by Crippen LogP contribution is 1.86. The Labute approximate surface area is 58.4 Å². The third-order valence-electron chi connectivity index (χ3n) is 1.02. The molecule has 0 fully saturated rings. The predicted octanol–water partition coefficient (Wildman–Crippen LogP) is -1.09. The van der Waals surface area contributed by atoms with E-state index in [9.17, 15) is 9.59 Å². The minimum atomic E-state index is -0.832. The summed E-state index contributed by atoms with van der Waals surface area (Å²) in [5.74, 6) is -0.671. The van der Waals surface area contributed by atoms with Crippen molar-refractivity contribution in [3.05, 3.63) is 0 Å². The van der Waals surface area contributed by atoms with E-state index in [0.29, 0.717) is 0 Å². The summed E-state index contributed by atoms with van der Waals surface area (Å²) in [6.45, 7) is 1.10. The molecule has 0 saturated heterocycles. The van der Waals surface area contributed by atoms with Crippen LogP contribution in [-0.2, 0) is 4.79 Å². The van der Waals surface area contributed by atoms with Crippen LogP contribution in [0.5, 0.6) is 0 Å². The van der Waals surface area contributed by atoms with Gasteiger partial charge in [0.15, 0.2) is 0 Å². The summed E-state index contributed by atoms with van der Waals surface area (Å²) in [6, 6.07) is -0.832. The summed E-state index contributed by atoms with van der Waals surface area (Å²) in [4.78, 5) is 21.7. The Morgan fingerprint density at radius 3 is 2.20 bits per heavy atom. The molecule has 0 aromatic rings. The number of hydrogen-bond donors (Lipinski definition) is 2. The molecule has 0 aliphatic rings. The number of imide groups is 1. The molecule has 5 nitrogen and oxygen atoms in total. The van der Waals surface area contributed by atoms with Crippen LogP contribution in [0.2, 0.25) is 0 Å². The number of likely N-dealkylation sites (N-methyl/N-ethyl adjacent to an activating group) is 1. The summed E-state index contributed by atoms with van der Waals surface area (Å²) in [7, 11) is 0. The molecule has 0 radical (unpaired) electrons. The van der Waals surface area contributed by atoms with Gasteiger partial charge in [0.1, 0.15) is 6.61 Å². The maximum Gasteiger partial charge on any atom is 0.321 e. The number of nitrogens with zero attached hydrogens (tertiary/aromatic N) is 1. The van der Waals surface area contributed by atoms with Crippen LogP contribution in [0.25, 0.3) is 0 Å². The Bertz CT molecular complexity index is 146. The average molecular weight is 146 g/mol. The fraction of sp³-hybridized carbons (Fsp3) is 0.600. The van der Waals surface area contributed by atoms with Crippen LogP contribution in [0.3, 0.4) is 0 Å². The summed E-state index contributed by atoms with van der Waals surface area (Å²) >= 11 is 0. The van der Waals surface area contributed by atoms with Crippen molar-refractivity contribution >= 4 is 11.9 Å². The monoisotopic (exact) mass is 146 g/mol. The van der Waals surface area contributed by atoms with Crippen LogP contribution in [0.1, 0.15) is 6.92 Å². The summed E-state index contributed by atoms with van der Waals surface area (Å²) < 4.78 is 0. The molecule has 0 bridgehead atoms. The quantitative estimate of drug-likeness (QED) is 0.519. The number of primary amides is 1. The smallest absolute Gasteiger partial charge is 0.321 e.